The Labute approximate surface area is 107 Å². The lowest BCUT2D eigenvalue weighted by Crippen LogP contribution is -2.00. The molecule has 2 rings (SSSR count). The van der Waals surface area contributed by atoms with Gasteiger partial charge >= 0.3 is 5.97 Å². The van der Waals surface area contributed by atoms with Crippen molar-refractivity contribution in [3.8, 4) is 0 Å². The highest BCUT2D eigenvalue weighted by Crippen LogP contribution is 2.24. The number of rotatable bonds is 3. The topological polar surface area (TPSA) is 62.2 Å². The summed E-state index contributed by atoms with van der Waals surface area (Å²) < 4.78 is 12.7. The number of nitrogens with one attached hydrogen (secondary N) is 1. The standard InChI is InChI=1S/C12H8ClFN2O2/c13-10-5-7(12(17)18)6-15-11(10)16-9-3-1-8(14)2-4-9/h1-6H,(H,15,16)(H,17,18). The van der Waals surface area contributed by atoms with E-state index in [9.17, 15) is 9.18 Å². The molecule has 0 atom stereocenters. The molecule has 0 saturated carbocycles. The highest BCUT2D eigenvalue weighted by atomic mass is 35.5. The Morgan fingerprint density at radius 1 is 1.33 bits per heavy atom. The summed E-state index contributed by atoms with van der Waals surface area (Å²) in [7, 11) is 0. The lowest BCUT2D eigenvalue weighted by atomic mass is 10.2. The third-order valence-electron chi connectivity index (χ3n) is 2.20. The number of carbonyl (C=O) groups is 1. The van der Waals surface area contributed by atoms with E-state index in [1.54, 1.807) is 0 Å². The number of benzene rings is 1. The second-order valence-electron chi connectivity index (χ2n) is 3.49. The molecule has 0 spiro atoms. The average molecular weight is 267 g/mol. The van der Waals surface area contributed by atoms with E-state index in [1.165, 1.54) is 36.5 Å². The van der Waals surface area contributed by atoms with Gasteiger partial charge in [0.1, 0.15) is 11.6 Å². The summed E-state index contributed by atoms with van der Waals surface area (Å²) in [6.45, 7) is 0. The third kappa shape index (κ3) is 2.75. The van der Waals surface area contributed by atoms with E-state index < -0.39 is 5.97 Å². The molecule has 2 N–H and O–H groups in total. The fraction of sp³-hybridized carbons (Fsp3) is 0. The molecule has 6 heteroatoms. The van der Waals surface area contributed by atoms with Crippen LogP contribution in [0.3, 0.4) is 0 Å². The number of nitrogens with zero attached hydrogens (tertiary/aromatic N) is 1. The molecule has 0 unspecified atom stereocenters. The van der Waals surface area contributed by atoms with Gasteiger partial charge in [0.2, 0.25) is 0 Å². The van der Waals surface area contributed by atoms with Crippen LogP contribution in [0.25, 0.3) is 0 Å². The van der Waals surface area contributed by atoms with Gasteiger partial charge in [-0.15, -0.1) is 0 Å². The van der Waals surface area contributed by atoms with Crippen LogP contribution in [0.4, 0.5) is 15.9 Å². The van der Waals surface area contributed by atoms with Crippen LogP contribution in [-0.4, -0.2) is 16.1 Å². The normalized spacial score (nSPS) is 10.1. The largest absolute Gasteiger partial charge is 0.478 e. The number of anilines is 2. The number of hydrogen-bond acceptors (Lipinski definition) is 3. The Bertz CT molecular complexity index is 587. The van der Waals surface area contributed by atoms with Crippen molar-refractivity contribution in [1.29, 1.82) is 0 Å². The second kappa shape index (κ2) is 5.01. The molecule has 18 heavy (non-hydrogen) atoms. The predicted molar refractivity (Wildman–Crippen MR) is 65.9 cm³/mol. The smallest absolute Gasteiger partial charge is 0.337 e. The number of halogens is 2. The van der Waals surface area contributed by atoms with Gasteiger partial charge < -0.3 is 10.4 Å². The predicted octanol–water partition coefficient (Wildman–Crippen LogP) is 3.32. The van der Waals surface area contributed by atoms with Crippen molar-refractivity contribution < 1.29 is 14.3 Å². The lowest BCUT2D eigenvalue weighted by molar-refractivity contribution is 0.0696. The van der Waals surface area contributed by atoms with Gasteiger partial charge in [-0.05, 0) is 30.3 Å². The zero-order valence-electron chi connectivity index (χ0n) is 9.02. The fourth-order valence-electron chi connectivity index (χ4n) is 1.32. The van der Waals surface area contributed by atoms with E-state index in [0.29, 0.717) is 11.5 Å². The molecule has 0 radical (unpaired) electrons. The summed E-state index contributed by atoms with van der Waals surface area (Å²) in [5.41, 5.74) is 0.610. The molecule has 1 aromatic heterocycles. The summed E-state index contributed by atoms with van der Waals surface area (Å²) in [6, 6.07) is 6.93. The van der Waals surface area contributed by atoms with Crippen molar-refractivity contribution in [2.24, 2.45) is 0 Å². The first-order valence-electron chi connectivity index (χ1n) is 4.97. The maximum atomic E-state index is 12.7. The van der Waals surface area contributed by atoms with E-state index in [0.717, 1.165) is 0 Å². The van der Waals surface area contributed by atoms with Crippen molar-refractivity contribution in [3.63, 3.8) is 0 Å². The van der Waals surface area contributed by atoms with Crippen LogP contribution in [0.5, 0.6) is 0 Å². The monoisotopic (exact) mass is 266 g/mol. The molecule has 1 heterocycles. The molecular weight excluding hydrogens is 259 g/mol. The summed E-state index contributed by atoms with van der Waals surface area (Å²) in [4.78, 5) is 14.6. The first kappa shape index (κ1) is 12.3. The molecule has 2 aromatic rings. The SMILES string of the molecule is O=C(O)c1cnc(Nc2ccc(F)cc2)c(Cl)c1. The molecule has 0 aliphatic rings. The van der Waals surface area contributed by atoms with E-state index in [-0.39, 0.29) is 16.4 Å². The number of hydrogen-bond donors (Lipinski definition) is 2. The van der Waals surface area contributed by atoms with Crippen LogP contribution in [0.15, 0.2) is 36.5 Å². The lowest BCUT2D eigenvalue weighted by Gasteiger charge is -2.07. The summed E-state index contributed by atoms with van der Waals surface area (Å²) in [5, 5.41) is 11.8. The van der Waals surface area contributed by atoms with Crippen LogP contribution in [0.1, 0.15) is 10.4 Å². The summed E-state index contributed by atoms with van der Waals surface area (Å²) in [6.07, 6.45) is 1.19. The van der Waals surface area contributed by atoms with E-state index >= 15 is 0 Å². The first-order chi connectivity index (χ1) is 8.56. The van der Waals surface area contributed by atoms with E-state index in [2.05, 4.69) is 10.3 Å². The zero-order chi connectivity index (χ0) is 13.1. The molecule has 0 fully saturated rings. The zero-order valence-corrected chi connectivity index (χ0v) is 9.78. The Kier molecular flexibility index (Phi) is 3.43. The highest BCUT2D eigenvalue weighted by molar-refractivity contribution is 6.33. The maximum absolute atomic E-state index is 12.7. The Balaban J connectivity index is 2.24. The highest BCUT2D eigenvalue weighted by Gasteiger charge is 2.08. The van der Waals surface area contributed by atoms with Gasteiger partial charge in [0.05, 0.1) is 10.6 Å². The Morgan fingerprint density at radius 3 is 2.56 bits per heavy atom. The minimum atomic E-state index is -1.10. The van der Waals surface area contributed by atoms with Crippen molar-refractivity contribution in [2.45, 2.75) is 0 Å². The minimum absolute atomic E-state index is 0.00431. The fourth-order valence-corrected chi connectivity index (χ4v) is 1.53. The molecule has 0 amide bonds. The van der Waals surface area contributed by atoms with Gasteiger partial charge in [0.25, 0.3) is 0 Å². The molecule has 92 valence electrons. The van der Waals surface area contributed by atoms with Gasteiger partial charge in [-0.25, -0.2) is 14.2 Å². The van der Waals surface area contributed by atoms with Gasteiger partial charge in [-0.3, -0.25) is 0 Å². The van der Waals surface area contributed by atoms with Gasteiger partial charge in [-0.1, -0.05) is 11.6 Å². The van der Waals surface area contributed by atoms with Crippen LogP contribution < -0.4 is 5.32 Å². The molecule has 4 nitrogen and oxygen atoms in total. The summed E-state index contributed by atoms with van der Waals surface area (Å²) in [5.74, 6) is -1.13. The number of aromatic nitrogens is 1. The molecule has 0 aliphatic carbocycles. The van der Waals surface area contributed by atoms with Crippen molar-refractivity contribution >= 4 is 29.1 Å². The molecule has 0 aliphatic heterocycles. The Morgan fingerprint density at radius 2 is 2.00 bits per heavy atom. The van der Waals surface area contributed by atoms with Crippen LogP contribution in [-0.2, 0) is 0 Å². The number of aromatic carboxylic acids is 1. The minimum Gasteiger partial charge on any atom is -0.478 e. The number of carboxylic acid groups (broad SMARTS) is 1. The first-order valence-corrected chi connectivity index (χ1v) is 5.35. The maximum Gasteiger partial charge on any atom is 0.337 e. The quantitative estimate of drug-likeness (QED) is 0.895. The van der Waals surface area contributed by atoms with Crippen molar-refractivity contribution in [1.82, 2.24) is 4.98 Å². The molecular formula is C12H8ClFN2O2. The van der Waals surface area contributed by atoms with Crippen LogP contribution in [0, 0.1) is 5.82 Å². The van der Waals surface area contributed by atoms with Crippen molar-refractivity contribution in [3.05, 3.63) is 52.9 Å². The van der Waals surface area contributed by atoms with E-state index in [1.807, 2.05) is 0 Å². The van der Waals surface area contributed by atoms with Crippen LogP contribution >= 0.6 is 11.6 Å². The van der Waals surface area contributed by atoms with Gasteiger partial charge in [0, 0.05) is 11.9 Å². The van der Waals surface area contributed by atoms with Crippen molar-refractivity contribution in [2.75, 3.05) is 5.32 Å². The molecule has 1 aromatic carbocycles. The number of carboxylic acids is 1. The average Bonchev–Trinajstić information content (AvgIpc) is 2.34. The summed E-state index contributed by atoms with van der Waals surface area (Å²) >= 11 is 5.89. The van der Waals surface area contributed by atoms with Crippen LogP contribution in [0.2, 0.25) is 5.02 Å². The van der Waals surface area contributed by atoms with E-state index in [4.69, 9.17) is 16.7 Å². The molecule has 0 saturated heterocycles. The molecule has 0 bridgehead atoms. The van der Waals surface area contributed by atoms with Gasteiger partial charge in [-0.2, -0.15) is 0 Å². The Hall–Kier alpha value is -2.14. The third-order valence-corrected chi connectivity index (χ3v) is 2.48. The number of pyridine rings is 1. The van der Waals surface area contributed by atoms with Gasteiger partial charge in [0.15, 0.2) is 0 Å². The second-order valence-corrected chi connectivity index (χ2v) is 3.90.